The molecule has 0 amide bonds. The molecule has 4 nitrogen and oxygen atoms in total. The summed E-state index contributed by atoms with van der Waals surface area (Å²) in [7, 11) is 3.24. The van der Waals surface area contributed by atoms with Crippen LogP contribution in [0.2, 0.25) is 0 Å². The van der Waals surface area contributed by atoms with Crippen LogP contribution in [0.1, 0.15) is 38.4 Å². The van der Waals surface area contributed by atoms with E-state index < -0.39 is 6.10 Å². The van der Waals surface area contributed by atoms with E-state index in [2.05, 4.69) is 18.7 Å². The van der Waals surface area contributed by atoms with Gasteiger partial charge in [0.05, 0.1) is 14.2 Å². The fourth-order valence-electron chi connectivity index (χ4n) is 2.89. The Morgan fingerprint density at radius 2 is 1.80 bits per heavy atom. The maximum Gasteiger partial charge on any atom is 0.128 e. The Morgan fingerprint density at radius 1 is 1.15 bits per heavy atom. The van der Waals surface area contributed by atoms with Crippen LogP contribution >= 0.6 is 0 Å². The zero-order valence-electron chi connectivity index (χ0n) is 12.8. The zero-order chi connectivity index (χ0) is 14.8. The Labute approximate surface area is 121 Å². The number of aliphatic hydroxyl groups excluding tert-OH is 1. The third-order valence-electron chi connectivity index (χ3n) is 4.33. The smallest absolute Gasteiger partial charge is 0.128 e. The second-order valence-electron chi connectivity index (χ2n) is 5.86. The van der Waals surface area contributed by atoms with E-state index in [0.717, 1.165) is 24.4 Å². The molecule has 1 aliphatic rings. The Hall–Kier alpha value is -1.26. The summed E-state index contributed by atoms with van der Waals surface area (Å²) in [5.41, 5.74) is 0.503. The van der Waals surface area contributed by atoms with E-state index >= 15 is 0 Å². The highest BCUT2D eigenvalue weighted by Gasteiger charge is 2.37. The number of ether oxygens (including phenoxy) is 2. The lowest BCUT2D eigenvalue weighted by Crippen LogP contribution is -2.46. The highest BCUT2D eigenvalue weighted by molar-refractivity contribution is 5.43. The Morgan fingerprint density at radius 3 is 2.35 bits per heavy atom. The summed E-state index contributed by atoms with van der Waals surface area (Å²) in [4.78, 5) is 2.35. The summed E-state index contributed by atoms with van der Waals surface area (Å²) in [6.45, 7) is 6.27. The number of aliphatic hydroxyl groups is 1. The minimum Gasteiger partial charge on any atom is -0.497 e. The molecule has 1 N–H and O–H groups in total. The van der Waals surface area contributed by atoms with Crippen molar-refractivity contribution in [1.29, 1.82) is 0 Å². The second kappa shape index (κ2) is 6.02. The summed E-state index contributed by atoms with van der Waals surface area (Å²) in [5.74, 6) is 1.40. The van der Waals surface area contributed by atoms with Gasteiger partial charge in [0, 0.05) is 17.2 Å². The van der Waals surface area contributed by atoms with Crippen LogP contribution in [0.5, 0.6) is 11.5 Å². The molecule has 2 rings (SSSR count). The number of nitrogens with zero attached hydrogens (tertiary/aromatic N) is 1. The lowest BCUT2D eigenvalue weighted by atomic mass is 9.89. The fraction of sp³-hybridized carbons (Fsp3) is 0.625. The van der Waals surface area contributed by atoms with Crippen molar-refractivity contribution in [2.24, 2.45) is 0 Å². The molecular formula is C16H25NO3. The molecule has 0 saturated carbocycles. The van der Waals surface area contributed by atoms with Gasteiger partial charge in [0.2, 0.25) is 0 Å². The van der Waals surface area contributed by atoms with E-state index in [1.165, 1.54) is 12.8 Å². The molecule has 1 aromatic carbocycles. The molecule has 112 valence electrons. The second-order valence-corrected chi connectivity index (χ2v) is 5.86. The van der Waals surface area contributed by atoms with Crippen molar-refractivity contribution in [3.05, 3.63) is 23.8 Å². The average molecular weight is 279 g/mol. The zero-order valence-corrected chi connectivity index (χ0v) is 12.8. The van der Waals surface area contributed by atoms with Crippen LogP contribution in [-0.4, -0.2) is 42.9 Å². The first-order valence-corrected chi connectivity index (χ1v) is 7.15. The molecule has 1 saturated heterocycles. The van der Waals surface area contributed by atoms with Crippen molar-refractivity contribution in [3.8, 4) is 11.5 Å². The first kappa shape index (κ1) is 15.1. The summed E-state index contributed by atoms with van der Waals surface area (Å²) in [6.07, 6.45) is 1.81. The topological polar surface area (TPSA) is 41.9 Å². The maximum absolute atomic E-state index is 10.8. The number of rotatable bonds is 5. The average Bonchev–Trinajstić information content (AvgIpc) is 3.00. The van der Waals surface area contributed by atoms with Crippen molar-refractivity contribution in [2.45, 2.75) is 38.3 Å². The summed E-state index contributed by atoms with van der Waals surface area (Å²) in [5, 5.41) is 10.8. The number of benzene rings is 1. The molecule has 1 aromatic rings. The molecule has 4 heteroatoms. The van der Waals surface area contributed by atoms with Crippen LogP contribution in [-0.2, 0) is 0 Å². The van der Waals surface area contributed by atoms with Gasteiger partial charge in [0.1, 0.15) is 17.6 Å². The molecule has 0 spiro atoms. The number of hydrogen-bond acceptors (Lipinski definition) is 4. The Balaban J connectivity index is 2.29. The van der Waals surface area contributed by atoms with Crippen molar-refractivity contribution < 1.29 is 14.6 Å². The molecule has 1 unspecified atom stereocenters. The lowest BCUT2D eigenvalue weighted by Gasteiger charge is -2.40. The van der Waals surface area contributed by atoms with Crippen molar-refractivity contribution in [3.63, 3.8) is 0 Å². The fourth-order valence-corrected chi connectivity index (χ4v) is 2.89. The molecule has 1 heterocycles. The number of likely N-dealkylation sites (tertiary alicyclic amines) is 1. The van der Waals surface area contributed by atoms with Gasteiger partial charge in [-0.15, -0.1) is 0 Å². The van der Waals surface area contributed by atoms with Gasteiger partial charge in [0.25, 0.3) is 0 Å². The summed E-state index contributed by atoms with van der Waals surface area (Å²) >= 11 is 0. The number of hydrogen-bond donors (Lipinski definition) is 1. The molecular weight excluding hydrogens is 254 g/mol. The quantitative estimate of drug-likeness (QED) is 0.899. The third kappa shape index (κ3) is 2.76. The highest BCUT2D eigenvalue weighted by Crippen LogP contribution is 2.38. The van der Waals surface area contributed by atoms with Gasteiger partial charge >= 0.3 is 0 Å². The van der Waals surface area contributed by atoms with Crippen LogP contribution in [0.4, 0.5) is 0 Å². The van der Waals surface area contributed by atoms with Crippen LogP contribution in [0.3, 0.4) is 0 Å². The van der Waals surface area contributed by atoms with E-state index in [-0.39, 0.29) is 5.54 Å². The minimum absolute atomic E-state index is 0.307. The van der Waals surface area contributed by atoms with Gasteiger partial charge in [-0.05, 0) is 51.9 Å². The van der Waals surface area contributed by atoms with Crippen LogP contribution in [0.15, 0.2) is 18.2 Å². The van der Waals surface area contributed by atoms with Gasteiger partial charge in [-0.2, -0.15) is 0 Å². The SMILES string of the molecule is COc1ccc(C(O)C(C)(C)N2CCCC2)c(OC)c1. The molecule has 1 aliphatic heterocycles. The van der Waals surface area contributed by atoms with Crippen LogP contribution in [0.25, 0.3) is 0 Å². The van der Waals surface area contributed by atoms with Gasteiger partial charge in [-0.1, -0.05) is 0 Å². The Kier molecular flexibility index (Phi) is 4.55. The predicted octanol–water partition coefficient (Wildman–Crippen LogP) is 2.61. The van der Waals surface area contributed by atoms with Crippen LogP contribution < -0.4 is 9.47 Å². The Bertz CT molecular complexity index is 453. The van der Waals surface area contributed by atoms with E-state index in [1.807, 2.05) is 18.2 Å². The van der Waals surface area contributed by atoms with Crippen LogP contribution in [0, 0.1) is 0 Å². The molecule has 0 aromatic heterocycles. The standard InChI is InChI=1S/C16H25NO3/c1-16(2,17-9-5-6-10-17)15(18)13-8-7-12(19-3)11-14(13)20-4/h7-8,11,15,18H,5-6,9-10H2,1-4H3. The number of methoxy groups -OCH3 is 2. The molecule has 1 atom stereocenters. The van der Waals surface area contributed by atoms with E-state index in [4.69, 9.17) is 9.47 Å². The molecule has 20 heavy (non-hydrogen) atoms. The summed E-state index contributed by atoms with van der Waals surface area (Å²) in [6, 6.07) is 5.57. The maximum atomic E-state index is 10.8. The summed E-state index contributed by atoms with van der Waals surface area (Å²) < 4.78 is 10.6. The van der Waals surface area contributed by atoms with Gasteiger partial charge < -0.3 is 14.6 Å². The monoisotopic (exact) mass is 279 g/mol. The normalized spacial score (nSPS) is 18.1. The third-order valence-corrected chi connectivity index (χ3v) is 4.33. The van der Waals surface area contributed by atoms with Crippen molar-refractivity contribution >= 4 is 0 Å². The van der Waals surface area contributed by atoms with Gasteiger partial charge in [-0.25, -0.2) is 0 Å². The molecule has 0 radical (unpaired) electrons. The highest BCUT2D eigenvalue weighted by atomic mass is 16.5. The van der Waals surface area contributed by atoms with Gasteiger partial charge in [-0.3, -0.25) is 4.90 Å². The van der Waals surface area contributed by atoms with Crippen molar-refractivity contribution in [2.75, 3.05) is 27.3 Å². The first-order chi connectivity index (χ1) is 9.50. The largest absolute Gasteiger partial charge is 0.497 e. The van der Waals surface area contributed by atoms with Gasteiger partial charge in [0.15, 0.2) is 0 Å². The molecule has 0 bridgehead atoms. The lowest BCUT2D eigenvalue weighted by molar-refractivity contribution is 0.0000467. The predicted molar refractivity (Wildman–Crippen MR) is 79.4 cm³/mol. The van der Waals surface area contributed by atoms with E-state index in [1.54, 1.807) is 14.2 Å². The van der Waals surface area contributed by atoms with E-state index in [0.29, 0.717) is 5.75 Å². The minimum atomic E-state index is -0.596. The molecule has 1 fully saturated rings. The van der Waals surface area contributed by atoms with E-state index in [9.17, 15) is 5.11 Å². The first-order valence-electron chi connectivity index (χ1n) is 7.15. The van der Waals surface area contributed by atoms with Crippen molar-refractivity contribution in [1.82, 2.24) is 4.90 Å². The molecule has 0 aliphatic carbocycles.